The Hall–Kier alpha value is -3.02. The summed E-state index contributed by atoms with van der Waals surface area (Å²) in [6.45, 7) is 0.751. The number of ether oxygens (including phenoxy) is 1. The Kier molecular flexibility index (Phi) is 4.14. The normalized spacial score (nSPS) is 10.8. The number of phenols is 1. The minimum absolute atomic E-state index is 0.0883. The van der Waals surface area contributed by atoms with Gasteiger partial charge < -0.3 is 9.84 Å². The van der Waals surface area contributed by atoms with E-state index in [0.29, 0.717) is 19.6 Å². The van der Waals surface area contributed by atoms with E-state index in [4.69, 9.17) is 4.74 Å². The van der Waals surface area contributed by atoms with Crippen LogP contribution < -0.4 is 16.0 Å². The second-order valence-corrected chi connectivity index (χ2v) is 5.10. The average molecular weight is 312 g/mol. The van der Waals surface area contributed by atoms with Crippen molar-refractivity contribution in [2.24, 2.45) is 0 Å². The number of aromatic hydroxyl groups is 1. The largest absolute Gasteiger partial charge is 0.506 e. The molecule has 1 aromatic heterocycles. The summed E-state index contributed by atoms with van der Waals surface area (Å²) in [4.78, 5) is 26.1. The number of nitrogens with one attached hydrogen (secondary N) is 1. The van der Waals surface area contributed by atoms with Crippen molar-refractivity contribution >= 4 is 10.9 Å². The highest BCUT2D eigenvalue weighted by molar-refractivity contribution is 5.83. The van der Waals surface area contributed by atoms with Crippen LogP contribution in [0, 0.1) is 0 Å². The molecule has 6 nitrogen and oxygen atoms in total. The van der Waals surface area contributed by atoms with Crippen LogP contribution >= 0.6 is 0 Å². The second-order valence-electron chi connectivity index (χ2n) is 5.10. The molecule has 0 aliphatic heterocycles. The Morgan fingerprint density at radius 1 is 1.04 bits per heavy atom. The summed E-state index contributed by atoms with van der Waals surface area (Å²) in [7, 11) is 0. The fourth-order valence-electron chi connectivity index (χ4n) is 2.47. The predicted molar refractivity (Wildman–Crippen MR) is 87.0 cm³/mol. The molecular formula is C17H16N2O4. The molecule has 0 aliphatic carbocycles. The minimum atomic E-state index is -0.538. The smallest absolute Gasteiger partial charge is 0.328 e. The molecule has 3 rings (SSSR count). The molecule has 3 aromatic rings. The molecule has 2 N–H and O–H groups in total. The minimum Gasteiger partial charge on any atom is -0.506 e. The Morgan fingerprint density at radius 2 is 1.83 bits per heavy atom. The van der Waals surface area contributed by atoms with E-state index >= 15 is 0 Å². The van der Waals surface area contributed by atoms with Crippen molar-refractivity contribution < 1.29 is 9.84 Å². The standard InChI is InChI=1S/C17H16N2O4/c20-14-9-4-8-13-15(14)19(17(22)18-16(13)21)10-5-11-23-12-6-2-1-3-7-12/h1-4,6-9,20H,5,10-11H2,(H,18,21,22). The quantitative estimate of drug-likeness (QED) is 0.704. The van der Waals surface area contributed by atoms with Gasteiger partial charge in [-0.3, -0.25) is 14.3 Å². The van der Waals surface area contributed by atoms with Crippen LogP contribution in [-0.4, -0.2) is 21.3 Å². The molecule has 1 heterocycles. The number of hydrogen-bond donors (Lipinski definition) is 2. The summed E-state index contributed by atoms with van der Waals surface area (Å²) in [5.41, 5.74) is -0.789. The number of benzene rings is 2. The zero-order valence-corrected chi connectivity index (χ0v) is 12.4. The van der Waals surface area contributed by atoms with Crippen LogP contribution in [-0.2, 0) is 6.54 Å². The molecule has 0 amide bonds. The third kappa shape index (κ3) is 3.11. The first kappa shape index (κ1) is 14.9. The summed E-state index contributed by atoms with van der Waals surface area (Å²) in [5, 5.41) is 10.3. The highest BCUT2D eigenvalue weighted by Gasteiger charge is 2.10. The second kappa shape index (κ2) is 6.39. The highest BCUT2D eigenvalue weighted by atomic mass is 16.5. The summed E-state index contributed by atoms with van der Waals surface area (Å²) in [6, 6.07) is 14.0. The number of phenolic OH excluding ortho intramolecular Hbond substituents is 1. The molecule has 2 aromatic carbocycles. The average Bonchev–Trinajstić information content (AvgIpc) is 2.55. The fourth-order valence-corrected chi connectivity index (χ4v) is 2.47. The van der Waals surface area contributed by atoms with Crippen LogP contribution in [0.1, 0.15) is 6.42 Å². The lowest BCUT2D eigenvalue weighted by molar-refractivity contribution is 0.301. The van der Waals surface area contributed by atoms with Crippen molar-refractivity contribution in [3.63, 3.8) is 0 Å². The van der Waals surface area contributed by atoms with Gasteiger partial charge in [-0.2, -0.15) is 0 Å². The topological polar surface area (TPSA) is 84.3 Å². The fraction of sp³-hybridized carbons (Fsp3) is 0.176. The van der Waals surface area contributed by atoms with Crippen molar-refractivity contribution in [2.45, 2.75) is 13.0 Å². The number of aromatic amines is 1. The number of para-hydroxylation sites is 2. The third-order valence-corrected chi connectivity index (χ3v) is 3.53. The van der Waals surface area contributed by atoms with Gasteiger partial charge in [0.05, 0.1) is 12.0 Å². The van der Waals surface area contributed by atoms with Crippen LogP contribution in [0.15, 0.2) is 58.1 Å². The van der Waals surface area contributed by atoms with Crippen molar-refractivity contribution in [1.82, 2.24) is 9.55 Å². The lowest BCUT2D eigenvalue weighted by Crippen LogP contribution is -2.30. The Bertz CT molecular complexity index is 929. The van der Waals surface area contributed by atoms with Gasteiger partial charge in [-0.15, -0.1) is 0 Å². The maximum Gasteiger partial charge on any atom is 0.328 e. The molecule has 118 valence electrons. The summed E-state index contributed by atoms with van der Waals surface area (Å²) in [6.07, 6.45) is 0.560. The third-order valence-electron chi connectivity index (χ3n) is 3.53. The van der Waals surface area contributed by atoms with Gasteiger partial charge in [-0.25, -0.2) is 4.79 Å². The zero-order chi connectivity index (χ0) is 16.2. The van der Waals surface area contributed by atoms with Gasteiger partial charge in [0.1, 0.15) is 17.0 Å². The van der Waals surface area contributed by atoms with Crippen LogP contribution in [0.3, 0.4) is 0 Å². The number of aryl methyl sites for hydroxylation is 1. The Morgan fingerprint density at radius 3 is 2.61 bits per heavy atom. The van der Waals surface area contributed by atoms with E-state index in [9.17, 15) is 14.7 Å². The molecule has 0 spiro atoms. The SMILES string of the molecule is O=c1[nH]c(=O)n(CCCOc2ccccc2)c2c(O)cccc12. The molecule has 23 heavy (non-hydrogen) atoms. The number of rotatable bonds is 5. The molecule has 0 bridgehead atoms. The van der Waals surface area contributed by atoms with Crippen molar-refractivity contribution in [1.29, 1.82) is 0 Å². The van der Waals surface area contributed by atoms with Crippen molar-refractivity contribution in [2.75, 3.05) is 6.61 Å². The molecule has 0 atom stereocenters. The van der Waals surface area contributed by atoms with Gasteiger partial charge in [0.2, 0.25) is 0 Å². The first-order valence-electron chi connectivity index (χ1n) is 7.29. The molecule has 0 aliphatic rings. The number of hydrogen-bond acceptors (Lipinski definition) is 4. The molecule has 0 radical (unpaired) electrons. The van der Waals surface area contributed by atoms with E-state index in [2.05, 4.69) is 4.98 Å². The van der Waals surface area contributed by atoms with E-state index in [0.717, 1.165) is 5.75 Å². The molecule has 0 unspecified atom stereocenters. The first-order chi connectivity index (χ1) is 11.2. The van der Waals surface area contributed by atoms with Gasteiger partial charge in [-0.1, -0.05) is 24.3 Å². The van der Waals surface area contributed by atoms with Crippen molar-refractivity contribution in [3.8, 4) is 11.5 Å². The molecule has 0 saturated heterocycles. The number of aromatic nitrogens is 2. The van der Waals surface area contributed by atoms with E-state index in [1.54, 1.807) is 12.1 Å². The highest BCUT2D eigenvalue weighted by Crippen LogP contribution is 2.20. The van der Waals surface area contributed by atoms with Crippen LogP contribution in [0.5, 0.6) is 11.5 Å². The number of H-pyrrole nitrogens is 1. The van der Waals surface area contributed by atoms with Gasteiger partial charge >= 0.3 is 5.69 Å². The van der Waals surface area contributed by atoms with Crippen molar-refractivity contribution in [3.05, 3.63) is 69.4 Å². The van der Waals surface area contributed by atoms with E-state index in [-0.39, 0.29) is 16.7 Å². The monoisotopic (exact) mass is 312 g/mol. The van der Waals surface area contributed by atoms with Gasteiger partial charge in [-0.05, 0) is 30.7 Å². The maximum absolute atomic E-state index is 12.0. The summed E-state index contributed by atoms with van der Waals surface area (Å²) >= 11 is 0. The summed E-state index contributed by atoms with van der Waals surface area (Å²) in [5.74, 6) is 0.670. The lowest BCUT2D eigenvalue weighted by atomic mass is 10.2. The van der Waals surface area contributed by atoms with Crippen LogP contribution in [0.2, 0.25) is 0 Å². The van der Waals surface area contributed by atoms with Crippen LogP contribution in [0.4, 0.5) is 0 Å². The number of fused-ring (bicyclic) bond motifs is 1. The lowest BCUT2D eigenvalue weighted by Gasteiger charge is -2.11. The van der Waals surface area contributed by atoms with E-state index < -0.39 is 11.2 Å². The van der Waals surface area contributed by atoms with E-state index in [1.165, 1.54) is 10.6 Å². The molecule has 0 fully saturated rings. The first-order valence-corrected chi connectivity index (χ1v) is 7.29. The van der Waals surface area contributed by atoms with E-state index in [1.807, 2.05) is 30.3 Å². The van der Waals surface area contributed by atoms with Gasteiger partial charge in [0, 0.05) is 6.54 Å². The number of nitrogens with zero attached hydrogens (tertiary/aromatic N) is 1. The predicted octanol–water partition coefficient (Wildman–Crippen LogP) is 1.86. The maximum atomic E-state index is 12.0. The van der Waals surface area contributed by atoms with Gasteiger partial charge in [0.25, 0.3) is 5.56 Å². The zero-order valence-electron chi connectivity index (χ0n) is 12.4. The molecular weight excluding hydrogens is 296 g/mol. The Labute approximate surface area is 131 Å². The molecule has 0 saturated carbocycles. The summed E-state index contributed by atoms with van der Waals surface area (Å²) < 4.78 is 6.95. The Balaban J connectivity index is 1.80. The van der Waals surface area contributed by atoms with Crippen LogP contribution in [0.25, 0.3) is 10.9 Å². The molecule has 6 heteroatoms. The van der Waals surface area contributed by atoms with Gasteiger partial charge in [0.15, 0.2) is 0 Å².